The summed E-state index contributed by atoms with van der Waals surface area (Å²) in [5.74, 6) is -0.252. The van der Waals surface area contributed by atoms with Gasteiger partial charge in [-0.1, -0.05) is 13.3 Å². The minimum absolute atomic E-state index is 0.252. The van der Waals surface area contributed by atoms with Gasteiger partial charge in [-0.2, -0.15) is 0 Å². The summed E-state index contributed by atoms with van der Waals surface area (Å²) in [6.07, 6.45) is 3.14. The highest BCUT2D eigenvalue weighted by Gasteiger charge is 2.34. The van der Waals surface area contributed by atoms with Crippen molar-refractivity contribution in [2.75, 3.05) is 19.4 Å². The first-order chi connectivity index (χ1) is 6.55. The summed E-state index contributed by atoms with van der Waals surface area (Å²) < 4.78 is 16.6. The van der Waals surface area contributed by atoms with Crippen LogP contribution < -0.4 is 5.09 Å². The van der Waals surface area contributed by atoms with E-state index in [1.54, 1.807) is 6.66 Å². The number of hydrogen-bond acceptors (Lipinski definition) is 3. The highest BCUT2D eigenvalue weighted by molar-refractivity contribution is 7.61. The van der Waals surface area contributed by atoms with E-state index in [4.69, 9.17) is 4.74 Å². The fourth-order valence-corrected chi connectivity index (χ4v) is 3.20. The molecular weight excluding hydrogens is 201 g/mol. The Morgan fingerprint density at radius 3 is 2.86 bits per heavy atom. The van der Waals surface area contributed by atoms with Crippen LogP contribution in [0.2, 0.25) is 0 Å². The molecule has 1 N–H and O–H groups in total. The molecule has 0 aliphatic carbocycles. The van der Waals surface area contributed by atoms with Crippen molar-refractivity contribution in [2.24, 2.45) is 0 Å². The van der Waals surface area contributed by atoms with Gasteiger partial charge in [0.25, 0.3) is 0 Å². The molecule has 4 nitrogen and oxygen atoms in total. The Morgan fingerprint density at radius 2 is 2.36 bits per heavy atom. The molecule has 2 atom stereocenters. The number of nitrogens with one attached hydrogen (secondary N) is 1. The van der Waals surface area contributed by atoms with Gasteiger partial charge in [0.2, 0.25) is 0 Å². The van der Waals surface area contributed by atoms with Gasteiger partial charge < -0.3 is 9.30 Å². The second-order valence-corrected chi connectivity index (χ2v) is 6.72. The molecule has 0 aromatic carbocycles. The fraction of sp³-hybridized carbons (Fsp3) is 0.889. The molecule has 0 bridgehead atoms. The Bertz CT molecular complexity index is 254. The van der Waals surface area contributed by atoms with E-state index in [-0.39, 0.29) is 12.0 Å². The zero-order valence-electron chi connectivity index (χ0n) is 8.78. The first kappa shape index (κ1) is 11.7. The Morgan fingerprint density at radius 1 is 1.64 bits per heavy atom. The van der Waals surface area contributed by atoms with E-state index < -0.39 is 7.29 Å². The highest BCUT2D eigenvalue weighted by Crippen LogP contribution is 2.43. The zero-order valence-corrected chi connectivity index (χ0v) is 9.68. The quantitative estimate of drug-likeness (QED) is 0.443. The Balaban J connectivity index is 2.29. The van der Waals surface area contributed by atoms with Gasteiger partial charge >= 0.3 is 5.97 Å². The van der Waals surface area contributed by atoms with Crippen molar-refractivity contribution in [3.05, 3.63) is 0 Å². The lowest BCUT2D eigenvalue weighted by atomic mass is 10.2. The molecule has 1 aliphatic heterocycles. The zero-order chi connectivity index (χ0) is 10.6. The van der Waals surface area contributed by atoms with Crippen LogP contribution in [0.1, 0.15) is 26.2 Å². The van der Waals surface area contributed by atoms with Crippen molar-refractivity contribution in [3.8, 4) is 0 Å². The lowest BCUT2D eigenvalue weighted by molar-refractivity contribution is -0.145. The molecule has 0 spiro atoms. The van der Waals surface area contributed by atoms with Crippen LogP contribution in [0.15, 0.2) is 0 Å². The Hall–Kier alpha value is -0.340. The fourth-order valence-electron chi connectivity index (χ4n) is 1.42. The van der Waals surface area contributed by atoms with Gasteiger partial charge in [0.1, 0.15) is 13.3 Å². The predicted molar refractivity (Wildman–Crippen MR) is 55.8 cm³/mol. The van der Waals surface area contributed by atoms with Gasteiger partial charge in [-0.15, -0.1) is 0 Å². The van der Waals surface area contributed by atoms with Gasteiger partial charge in [0, 0.05) is 12.8 Å². The van der Waals surface area contributed by atoms with E-state index in [2.05, 4.69) is 5.09 Å². The van der Waals surface area contributed by atoms with E-state index in [1.165, 1.54) is 0 Å². The number of unbranched alkanes of at least 4 members (excludes halogenated alkanes) is 1. The van der Waals surface area contributed by atoms with Crippen LogP contribution in [-0.2, 0) is 14.1 Å². The smallest absolute Gasteiger partial charge is 0.323 e. The van der Waals surface area contributed by atoms with Gasteiger partial charge in [-0.3, -0.25) is 9.88 Å². The van der Waals surface area contributed by atoms with E-state index in [1.807, 2.05) is 6.92 Å². The molecule has 1 heterocycles. The SMILES string of the molecule is CCCCOC(=O)C1CCP(C)(=O)N1. The van der Waals surface area contributed by atoms with Crippen LogP contribution in [0.5, 0.6) is 0 Å². The monoisotopic (exact) mass is 219 g/mol. The van der Waals surface area contributed by atoms with Crippen molar-refractivity contribution < 1.29 is 14.1 Å². The topological polar surface area (TPSA) is 55.4 Å². The molecule has 1 saturated heterocycles. The number of carbonyl (C=O) groups is 1. The minimum atomic E-state index is -2.24. The number of esters is 1. The molecule has 1 aliphatic rings. The van der Waals surface area contributed by atoms with Crippen molar-refractivity contribution in [1.82, 2.24) is 5.09 Å². The Kier molecular flexibility index (Phi) is 4.14. The lowest BCUT2D eigenvalue weighted by Gasteiger charge is -2.10. The third-order valence-electron chi connectivity index (χ3n) is 2.30. The predicted octanol–water partition coefficient (Wildman–Crippen LogP) is 1.60. The normalized spacial score (nSPS) is 31.7. The van der Waals surface area contributed by atoms with Crippen LogP contribution in [0.4, 0.5) is 0 Å². The van der Waals surface area contributed by atoms with E-state index in [0.717, 1.165) is 12.8 Å². The number of carbonyl (C=O) groups excluding carboxylic acids is 1. The molecular formula is C9H18NO3P. The number of ether oxygens (including phenoxy) is 1. The molecule has 0 aromatic heterocycles. The first-order valence-electron chi connectivity index (χ1n) is 5.06. The summed E-state index contributed by atoms with van der Waals surface area (Å²) in [5.41, 5.74) is 0. The maximum absolute atomic E-state index is 11.5. The third-order valence-corrected chi connectivity index (χ3v) is 4.27. The molecule has 0 saturated carbocycles. The van der Waals surface area contributed by atoms with Gasteiger partial charge in [-0.25, -0.2) is 0 Å². The molecule has 2 unspecified atom stereocenters. The van der Waals surface area contributed by atoms with Crippen molar-refractivity contribution in [2.45, 2.75) is 32.2 Å². The average molecular weight is 219 g/mol. The second-order valence-electron chi connectivity index (χ2n) is 3.82. The van der Waals surface area contributed by atoms with Crippen molar-refractivity contribution in [3.63, 3.8) is 0 Å². The van der Waals surface area contributed by atoms with E-state index in [9.17, 15) is 9.36 Å². The molecule has 0 radical (unpaired) electrons. The van der Waals surface area contributed by atoms with Crippen LogP contribution in [0, 0.1) is 0 Å². The molecule has 0 amide bonds. The molecule has 5 heteroatoms. The number of rotatable bonds is 4. The molecule has 0 aromatic rings. The third kappa shape index (κ3) is 3.43. The van der Waals surface area contributed by atoms with Crippen LogP contribution in [-0.4, -0.2) is 31.4 Å². The van der Waals surface area contributed by atoms with Gasteiger partial charge in [-0.05, 0) is 12.8 Å². The lowest BCUT2D eigenvalue weighted by Crippen LogP contribution is -2.31. The summed E-state index contributed by atoms with van der Waals surface area (Å²) in [6, 6.07) is -0.345. The highest BCUT2D eigenvalue weighted by atomic mass is 31.2. The largest absolute Gasteiger partial charge is 0.465 e. The van der Waals surface area contributed by atoms with Crippen molar-refractivity contribution in [1.29, 1.82) is 0 Å². The summed E-state index contributed by atoms with van der Waals surface area (Å²) in [4.78, 5) is 11.4. The van der Waals surface area contributed by atoms with Crippen molar-refractivity contribution >= 4 is 13.3 Å². The minimum Gasteiger partial charge on any atom is -0.465 e. The molecule has 82 valence electrons. The van der Waals surface area contributed by atoms with Gasteiger partial charge in [0.05, 0.1) is 6.61 Å². The summed E-state index contributed by atoms with van der Waals surface area (Å²) >= 11 is 0. The van der Waals surface area contributed by atoms with E-state index >= 15 is 0 Å². The van der Waals surface area contributed by atoms with Crippen LogP contribution in [0.25, 0.3) is 0 Å². The van der Waals surface area contributed by atoms with E-state index in [0.29, 0.717) is 19.2 Å². The second kappa shape index (κ2) is 4.94. The average Bonchev–Trinajstić information content (AvgIpc) is 2.46. The van der Waals surface area contributed by atoms with Crippen LogP contribution in [0.3, 0.4) is 0 Å². The molecule has 14 heavy (non-hydrogen) atoms. The van der Waals surface area contributed by atoms with Crippen LogP contribution >= 0.6 is 7.29 Å². The summed E-state index contributed by atoms with van der Waals surface area (Å²) in [7, 11) is -2.24. The number of hydrogen-bond donors (Lipinski definition) is 1. The standard InChI is InChI=1S/C9H18NO3P/c1-3-4-6-13-9(11)8-5-7-14(2,12)10-8/h8H,3-7H2,1-2H3,(H,10,12). The molecule has 1 fully saturated rings. The van der Waals surface area contributed by atoms with Gasteiger partial charge in [0.15, 0.2) is 0 Å². The maximum atomic E-state index is 11.5. The first-order valence-corrected chi connectivity index (χ1v) is 7.40. The summed E-state index contributed by atoms with van der Waals surface area (Å²) in [6.45, 7) is 4.19. The summed E-state index contributed by atoms with van der Waals surface area (Å²) in [5, 5.41) is 2.84. The molecule has 1 rings (SSSR count). The maximum Gasteiger partial charge on any atom is 0.323 e. The Labute approximate surface area is 84.8 Å².